The molecule has 1 amide bonds. The van der Waals surface area contributed by atoms with Crippen molar-refractivity contribution in [1.82, 2.24) is 9.29 Å². The van der Waals surface area contributed by atoms with Gasteiger partial charge in [-0.1, -0.05) is 36.4 Å². The Kier molecular flexibility index (Phi) is 4.40. The van der Waals surface area contributed by atoms with Crippen LogP contribution in [0, 0.1) is 0 Å². The number of nitrogens with one attached hydrogen (secondary N) is 1. The number of hydrogen-bond acceptors (Lipinski definition) is 6. The van der Waals surface area contributed by atoms with Crippen molar-refractivity contribution in [2.45, 2.75) is 4.90 Å². The number of aromatic nitrogens is 1. The van der Waals surface area contributed by atoms with Gasteiger partial charge in [0.2, 0.25) is 0 Å². The van der Waals surface area contributed by atoms with Gasteiger partial charge in [0.05, 0.1) is 4.88 Å². The van der Waals surface area contributed by atoms with Crippen LogP contribution in [0.1, 0.15) is 4.88 Å². The monoisotopic (exact) mass is 413 g/mol. The summed E-state index contributed by atoms with van der Waals surface area (Å²) in [4.78, 5) is 17.5. The highest BCUT2D eigenvalue weighted by Crippen LogP contribution is 2.43. The average Bonchev–Trinajstić information content (AvgIpc) is 3.15. The van der Waals surface area contributed by atoms with Gasteiger partial charge < -0.3 is 10.4 Å². The Hall–Kier alpha value is -3.17. The van der Waals surface area contributed by atoms with Crippen molar-refractivity contribution in [3.63, 3.8) is 0 Å². The number of pyridine rings is 1. The maximum absolute atomic E-state index is 13.0. The number of hydrogen-bond donors (Lipinski definition) is 2. The first kappa shape index (κ1) is 18.2. The predicted molar refractivity (Wildman–Crippen MR) is 107 cm³/mol. The smallest absolute Gasteiger partial charge is 0.278 e. The normalized spacial score (nSPS) is 15.2. The molecule has 0 saturated heterocycles. The lowest BCUT2D eigenvalue weighted by atomic mass is 10.2. The Morgan fingerprint density at radius 2 is 1.86 bits per heavy atom. The highest BCUT2D eigenvalue weighted by atomic mass is 32.2. The van der Waals surface area contributed by atoms with Crippen LogP contribution >= 0.6 is 11.3 Å². The number of rotatable bonds is 3. The van der Waals surface area contributed by atoms with Crippen LogP contribution in [0.2, 0.25) is 0 Å². The number of likely N-dealkylation sites (N-methyl/N-ethyl adjacent to an activating group) is 1. The number of fused-ring (bicyclic) bond motifs is 1. The summed E-state index contributed by atoms with van der Waals surface area (Å²) in [5.74, 6) is -0.893. The molecular weight excluding hydrogens is 398 g/mol. The van der Waals surface area contributed by atoms with Gasteiger partial charge >= 0.3 is 0 Å². The molecule has 9 heteroatoms. The maximum Gasteiger partial charge on any atom is 0.278 e. The number of anilines is 1. The van der Waals surface area contributed by atoms with E-state index in [1.54, 1.807) is 18.2 Å². The molecule has 0 radical (unpaired) electrons. The van der Waals surface area contributed by atoms with E-state index >= 15 is 0 Å². The van der Waals surface area contributed by atoms with Gasteiger partial charge in [-0.2, -0.15) is 0 Å². The van der Waals surface area contributed by atoms with Crippen molar-refractivity contribution < 1.29 is 18.3 Å². The van der Waals surface area contributed by atoms with Crippen LogP contribution in [-0.4, -0.2) is 35.8 Å². The van der Waals surface area contributed by atoms with E-state index < -0.39 is 15.9 Å². The number of amides is 1. The Balaban J connectivity index is 1.81. The van der Waals surface area contributed by atoms with Crippen LogP contribution in [0.5, 0.6) is 0 Å². The molecule has 7 nitrogen and oxygen atoms in total. The number of benzene rings is 1. The Bertz CT molecular complexity index is 1190. The van der Waals surface area contributed by atoms with Crippen LogP contribution in [0.25, 0.3) is 16.2 Å². The molecule has 0 saturated carbocycles. The van der Waals surface area contributed by atoms with Crippen LogP contribution in [0.4, 0.5) is 5.82 Å². The third kappa shape index (κ3) is 2.94. The second kappa shape index (κ2) is 6.77. The third-order valence-corrected chi connectivity index (χ3v) is 7.37. The quantitative estimate of drug-likeness (QED) is 0.686. The summed E-state index contributed by atoms with van der Waals surface area (Å²) < 4.78 is 26.7. The van der Waals surface area contributed by atoms with Crippen molar-refractivity contribution in [3.05, 3.63) is 71.4 Å². The van der Waals surface area contributed by atoms with E-state index in [0.29, 0.717) is 4.88 Å². The van der Waals surface area contributed by atoms with Gasteiger partial charge in [-0.15, -0.1) is 11.3 Å². The first-order valence-electron chi connectivity index (χ1n) is 8.24. The molecule has 142 valence electrons. The molecular formula is C19H15N3O4S2. The van der Waals surface area contributed by atoms with Crippen molar-refractivity contribution >= 4 is 38.8 Å². The standard InChI is InChI=1S/C19H15N3O4S2/c1-22-16(19(24)21-15-9-5-6-10-20-15)17(23)18-14(28(22,25)26)11-13(27-18)12-7-3-2-4-8-12/h2-11,23H,1H3,(H,20,21,24). The zero-order valence-corrected chi connectivity index (χ0v) is 16.3. The molecule has 3 aromatic rings. The minimum atomic E-state index is -3.98. The summed E-state index contributed by atoms with van der Waals surface area (Å²) in [6, 6.07) is 15.7. The van der Waals surface area contributed by atoms with E-state index in [0.717, 1.165) is 21.2 Å². The van der Waals surface area contributed by atoms with Crippen LogP contribution in [-0.2, 0) is 14.8 Å². The number of sulfonamides is 1. The van der Waals surface area contributed by atoms with E-state index in [1.807, 2.05) is 30.3 Å². The minimum Gasteiger partial charge on any atom is -0.504 e. The van der Waals surface area contributed by atoms with Crippen LogP contribution in [0.15, 0.2) is 71.4 Å². The second-order valence-electron chi connectivity index (χ2n) is 6.01. The van der Waals surface area contributed by atoms with E-state index in [4.69, 9.17) is 0 Å². The number of aliphatic hydroxyl groups excluding tert-OH is 1. The maximum atomic E-state index is 13.0. The molecule has 1 aromatic carbocycles. The summed E-state index contributed by atoms with van der Waals surface area (Å²) in [7, 11) is -2.74. The third-order valence-electron chi connectivity index (χ3n) is 4.27. The summed E-state index contributed by atoms with van der Waals surface area (Å²) in [5.41, 5.74) is 0.478. The fraction of sp³-hybridized carbons (Fsp3) is 0.0526. The first-order chi connectivity index (χ1) is 13.4. The van der Waals surface area contributed by atoms with Gasteiger partial charge in [-0.05, 0) is 23.8 Å². The number of carbonyl (C=O) groups excluding carboxylic acids is 1. The lowest BCUT2D eigenvalue weighted by molar-refractivity contribution is -0.113. The van der Waals surface area contributed by atoms with Gasteiger partial charge in [-0.25, -0.2) is 13.4 Å². The lowest BCUT2D eigenvalue weighted by Gasteiger charge is -2.26. The first-order valence-corrected chi connectivity index (χ1v) is 10.5. The fourth-order valence-corrected chi connectivity index (χ4v) is 5.68. The summed E-state index contributed by atoms with van der Waals surface area (Å²) in [5, 5.41) is 13.2. The summed E-state index contributed by atoms with van der Waals surface area (Å²) >= 11 is 1.12. The van der Waals surface area contributed by atoms with Crippen molar-refractivity contribution in [2.75, 3.05) is 12.4 Å². The van der Waals surface area contributed by atoms with Crippen molar-refractivity contribution in [3.8, 4) is 10.4 Å². The molecule has 0 unspecified atom stereocenters. The van der Waals surface area contributed by atoms with Crippen LogP contribution in [0.3, 0.4) is 0 Å². The Labute approximate surface area is 165 Å². The number of nitrogens with zero attached hydrogens (tertiary/aromatic N) is 2. The summed E-state index contributed by atoms with van der Waals surface area (Å²) in [6.45, 7) is 0. The molecule has 1 aliphatic rings. The van der Waals surface area contributed by atoms with Crippen LogP contribution < -0.4 is 5.32 Å². The molecule has 0 aliphatic carbocycles. The molecule has 2 aromatic heterocycles. The Morgan fingerprint density at radius 3 is 2.54 bits per heavy atom. The predicted octanol–water partition coefficient (Wildman–Crippen LogP) is 3.31. The van der Waals surface area contributed by atoms with Crippen molar-refractivity contribution in [1.29, 1.82) is 0 Å². The van der Waals surface area contributed by atoms with Gasteiger partial charge in [0.1, 0.15) is 10.7 Å². The van der Waals surface area contributed by atoms with Crippen molar-refractivity contribution in [2.24, 2.45) is 0 Å². The van der Waals surface area contributed by atoms with Gasteiger partial charge in [0, 0.05) is 18.1 Å². The molecule has 0 bridgehead atoms. The molecule has 0 spiro atoms. The zero-order valence-electron chi connectivity index (χ0n) is 14.7. The van der Waals surface area contributed by atoms with Gasteiger partial charge in [-0.3, -0.25) is 9.10 Å². The largest absolute Gasteiger partial charge is 0.504 e. The molecule has 2 N–H and O–H groups in total. The second-order valence-corrected chi connectivity index (χ2v) is 9.00. The topological polar surface area (TPSA) is 99.6 Å². The molecule has 1 aliphatic heterocycles. The molecule has 0 fully saturated rings. The molecule has 28 heavy (non-hydrogen) atoms. The number of thiophene rings is 1. The van der Waals surface area contributed by atoms with E-state index in [1.165, 1.54) is 19.3 Å². The molecule has 0 atom stereocenters. The number of carbonyl (C=O) groups is 1. The summed E-state index contributed by atoms with van der Waals surface area (Å²) in [6.07, 6.45) is 1.49. The van der Waals surface area contributed by atoms with E-state index in [2.05, 4.69) is 10.3 Å². The molecule has 3 heterocycles. The minimum absolute atomic E-state index is 0.0225. The number of aliphatic hydroxyl groups is 1. The zero-order chi connectivity index (χ0) is 19.9. The Morgan fingerprint density at radius 1 is 1.14 bits per heavy atom. The van der Waals surface area contributed by atoms with Gasteiger partial charge in [0.25, 0.3) is 15.9 Å². The van der Waals surface area contributed by atoms with E-state index in [-0.39, 0.29) is 27.0 Å². The van der Waals surface area contributed by atoms with E-state index in [9.17, 15) is 18.3 Å². The van der Waals surface area contributed by atoms with Gasteiger partial charge in [0.15, 0.2) is 11.5 Å². The average molecular weight is 413 g/mol. The lowest BCUT2D eigenvalue weighted by Crippen LogP contribution is -2.36. The highest BCUT2D eigenvalue weighted by molar-refractivity contribution is 7.89. The fourth-order valence-electron chi connectivity index (χ4n) is 2.86. The molecule has 4 rings (SSSR count). The SMILES string of the molecule is CN1C(C(=O)Nc2ccccn2)=C(O)c2sc(-c3ccccc3)cc2S1(=O)=O. The highest BCUT2D eigenvalue weighted by Gasteiger charge is 2.39.